The zero-order valence-electron chi connectivity index (χ0n) is 11.4. The average molecular weight is 307 g/mol. The van der Waals surface area contributed by atoms with Gasteiger partial charge in [-0.2, -0.15) is 0 Å². The quantitative estimate of drug-likeness (QED) is 0.601. The third-order valence-corrected chi connectivity index (χ3v) is 3.05. The minimum absolute atomic E-state index is 0.160. The molecule has 4 heteroatoms. The summed E-state index contributed by atoms with van der Waals surface area (Å²) in [6.07, 6.45) is 0. The molecule has 0 aliphatic heterocycles. The summed E-state index contributed by atoms with van der Waals surface area (Å²) in [4.78, 5) is 0. The molecule has 0 spiro atoms. The standard InChI is InChI=1S/C17H13ClF2O/c1-12-9-15(19)5-4-14(12)11-21-17-7-6-16(20)10-13(17)3-2-8-18/h4-7,9-10H,8,11H2,1H3. The molecule has 0 aromatic heterocycles. The number of aryl methyl sites for hydroxylation is 1. The van der Waals surface area contributed by atoms with Gasteiger partial charge in [0.15, 0.2) is 0 Å². The fraction of sp³-hybridized carbons (Fsp3) is 0.176. The maximum Gasteiger partial charge on any atom is 0.135 e. The lowest BCUT2D eigenvalue weighted by atomic mass is 10.1. The minimum atomic E-state index is -0.390. The summed E-state index contributed by atoms with van der Waals surface area (Å²) in [5.41, 5.74) is 2.10. The summed E-state index contributed by atoms with van der Waals surface area (Å²) in [6.45, 7) is 2.06. The van der Waals surface area contributed by atoms with Crippen molar-refractivity contribution in [3.63, 3.8) is 0 Å². The van der Waals surface area contributed by atoms with E-state index in [0.29, 0.717) is 11.3 Å². The molecule has 21 heavy (non-hydrogen) atoms. The van der Waals surface area contributed by atoms with Gasteiger partial charge in [-0.1, -0.05) is 17.9 Å². The molecule has 0 saturated heterocycles. The van der Waals surface area contributed by atoms with Gasteiger partial charge in [0.2, 0.25) is 0 Å². The molecule has 0 unspecified atom stereocenters. The van der Waals surface area contributed by atoms with E-state index < -0.39 is 0 Å². The molecule has 0 heterocycles. The first-order chi connectivity index (χ1) is 10.1. The van der Waals surface area contributed by atoms with E-state index >= 15 is 0 Å². The van der Waals surface area contributed by atoms with Crippen molar-refractivity contribution in [1.82, 2.24) is 0 Å². The van der Waals surface area contributed by atoms with Crippen LogP contribution in [0.1, 0.15) is 16.7 Å². The van der Waals surface area contributed by atoms with Gasteiger partial charge in [-0.3, -0.25) is 0 Å². The second-order valence-electron chi connectivity index (χ2n) is 4.44. The van der Waals surface area contributed by atoms with Gasteiger partial charge in [-0.15, -0.1) is 11.6 Å². The van der Waals surface area contributed by atoms with E-state index in [-0.39, 0.29) is 24.1 Å². The van der Waals surface area contributed by atoms with E-state index in [2.05, 4.69) is 11.8 Å². The van der Waals surface area contributed by atoms with Gasteiger partial charge in [0.05, 0.1) is 11.4 Å². The normalized spacial score (nSPS) is 9.90. The van der Waals surface area contributed by atoms with Gasteiger partial charge in [-0.05, 0) is 48.4 Å². The smallest absolute Gasteiger partial charge is 0.135 e. The van der Waals surface area contributed by atoms with Gasteiger partial charge in [-0.25, -0.2) is 8.78 Å². The molecule has 108 valence electrons. The predicted molar refractivity (Wildman–Crippen MR) is 79.5 cm³/mol. The third kappa shape index (κ3) is 4.21. The van der Waals surface area contributed by atoms with Crippen LogP contribution in [0.15, 0.2) is 36.4 Å². The van der Waals surface area contributed by atoms with Crippen molar-refractivity contribution in [2.75, 3.05) is 5.88 Å². The topological polar surface area (TPSA) is 9.23 Å². The summed E-state index contributed by atoms with van der Waals surface area (Å²) < 4.78 is 32.0. The molecular formula is C17H13ClF2O. The van der Waals surface area contributed by atoms with Crippen LogP contribution >= 0.6 is 11.6 Å². The zero-order chi connectivity index (χ0) is 15.2. The van der Waals surface area contributed by atoms with E-state index in [1.165, 1.54) is 30.3 Å². The van der Waals surface area contributed by atoms with Crippen molar-refractivity contribution >= 4 is 11.6 Å². The highest BCUT2D eigenvalue weighted by molar-refractivity contribution is 6.19. The highest BCUT2D eigenvalue weighted by Gasteiger charge is 2.06. The lowest BCUT2D eigenvalue weighted by molar-refractivity contribution is 0.304. The van der Waals surface area contributed by atoms with Crippen LogP contribution in [0, 0.1) is 30.4 Å². The maximum atomic E-state index is 13.2. The fourth-order valence-corrected chi connectivity index (χ4v) is 1.90. The molecule has 0 aliphatic carbocycles. The van der Waals surface area contributed by atoms with Crippen molar-refractivity contribution in [1.29, 1.82) is 0 Å². The number of alkyl halides is 1. The van der Waals surface area contributed by atoms with E-state index in [1.54, 1.807) is 13.0 Å². The number of halogens is 3. The Bertz CT molecular complexity index is 702. The molecule has 0 bridgehead atoms. The minimum Gasteiger partial charge on any atom is -0.488 e. The van der Waals surface area contributed by atoms with Gasteiger partial charge >= 0.3 is 0 Å². The fourth-order valence-electron chi connectivity index (χ4n) is 1.83. The summed E-state index contributed by atoms with van der Waals surface area (Å²) in [6, 6.07) is 8.61. The largest absolute Gasteiger partial charge is 0.488 e. The third-order valence-electron chi connectivity index (χ3n) is 2.92. The van der Waals surface area contributed by atoms with E-state index in [4.69, 9.17) is 16.3 Å². The Morgan fingerprint density at radius 2 is 1.81 bits per heavy atom. The first-order valence-electron chi connectivity index (χ1n) is 6.32. The van der Waals surface area contributed by atoms with Crippen molar-refractivity contribution < 1.29 is 13.5 Å². The molecule has 0 aliphatic rings. The molecule has 0 amide bonds. The van der Waals surface area contributed by atoms with Crippen LogP contribution in [0.3, 0.4) is 0 Å². The van der Waals surface area contributed by atoms with Gasteiger partial charge in [0.25, 0.3) is 0 Å². The number of hydrogen-bond donors (Lipinski definition) is 0. The van der Waals surface area contributed by atoms with Crippen molar-refractivity contribution in [2.45, 2.75) is 13.5 Å². The maximum absolute atomic E-state index is 13.2. The Kier molecular flexibility index (Phi) is 5.19. The molecule has 0 radical (unpaired) electrons. The van der Waals surface area contributed by atoms with Crippen LogP contribution in [0.4, 0.5) is 8.78 Å². The Morgan fingerprint density at radius 1 is 1.10 bits per heavy atom. The van der Waals surface area contributed by atoms with E-state index in [0.717, 1.165) is 11.1 Å². The molecule has 0 N–H and O–H groups in total. The van der Waals surface area contributed by atoms with Gasteiger partial charge in [0, 0.05) is 0 Å². The van der Waals surface area contributed by atoms with Crippen LogP contribution in [0.5, 0.6) is 5.75 Å². The monoisotopic (exact) mass is 306 g/mol. The summed E-state index contributed by atoms with van der Waals surface area (Å²) >= 11 is 5.51. The van der Waals surface area contributed by atoms with Crippen molar-refractivity contribution in [3.8, 4) is 17.6 Å². The Labute approximate surface area is 127 Å². The van der Waals surface area contributed by atoms with Gasteiger partial charge < -0.3 is 4.74 Å². The molecule has 0 saturated carbocycles. The van der Waals surface area contributed by atoms with E-state index in [1.807, 2.05) is 0 Å². The highest BCUT2D eigenvalue weighted by atomic mass is 35.5. The molecule has 2 rings (SSSR count). The van der Waals surface area contributed by atoms with Crippen molar-refractivity contribution in [2.24, 2.45) is 0 Å². The second-order valence-corrected chi connectivity index (χ2v) is 4.70. The highest BCUT2D eigenvalue weighted by Crippen LogP contribution is 2.21. The van der Waals surface area contributed by atoms with Crippen LogP contribution in [-0.4, -0.2) is 5.88 Å². The number of hydrogen-bond acceptors (Lipinski definition) is 1. The Morgan fingerprint density at radius 3 is 2.52 bits per heavy atom. The summed E-state index contributed by atoms with van der Waals surface area (Å²) in [7, 11) is 0. The lowest BCUT2D eigenvalue weighted by Crippen LogP contribution is -2.00. The molecule has 2 aromatic rings. The SMILES string of the molecule is Cc1cc(F)ccc1COc1ccc(F)cc1C#CCCl. The second kappa shape index (κ2) is 7.10. The van der Waals surface area contributed by atoms with E-state index in [9.17, 15) is 8.78 Å². The molecule has 2 aromatic carbocycles. The summed E-state index contributed by atoms with van der Waals surface area (Å²) in [5, 5.41) is 0. The molecule has 0 fully saturated rings. The summed E-state index contributed by atoms with van der Waals surface area (Å²) in [5.74, 6) is 5.38. The van der Waals surface area contributed by atoms with Crippen LogP contribution in [-0.2, 0) is 6.61 Å². The van der Waals surface area contributed by atoms with Gasteiger partial charge in [0.1, 0.15) is 24.0 Å². The number of rotatable bonds is 3. The Hall–Kier alpha value is -2.05. The predicted octanol–water partition coefficient (Wildman–Crippen LogP) is 4.44. The van der Waals surface area contributed by atoms with Crippen molar-refractivity contribution in [3.05, 3.63) is 64.7 Å². The molecule has 1 nitrogen and oxygen atoms in total. The first-order valence-corrected chi connectivity index (χ1v) is 6.86. The Balaban J connectivity index is 2.19. The zero-order valence-corrected chi connectivity index (χ0v) is 12.2. The first kappa shape index (κ1) is 15.3. The number of benzene rings is 2. The molecular weight excluding hydrogens is 294 g/mol. The van der Waals surface area contributed by atoms with Crippen LogP contribution in [0.2, 0.25) is 0 Å². The number of ether oxygens (including phenoxy) is 1. The lowest BCUT2D eigenvalue weighted by Gasteiger charge is -2.10. The van der Waals surface area contributed by atoms with Crippen LogP contribution in [0.25, 0.3) is 0 Å². The average Bonchev–Trinajstić information content (AvgIpc) is 2.45. The molecule has 0 atom stereocenters. The van der Waals surface area contributed by atoms with Crippen LogP contribution < -0.4 is 4.74 Å².